The van der Waals surface area contributed by atoms with E-state index >= 15 is 0 Å². The highest BCUT2D eigenvalue weighted by molar-refractivity contribution is 5.90. The molecule has 0 heterocycles. The van der Waals surface area contributed by atoms with E-state index in [0.29, 0.717) is 17.1 Å². The molecule has 0 unspecified atom stereocenters. The van der Waals surface area contributed by atoms with Crippen molar-refractivity contribution in [2.75, 3.05) is 0 Å². The van der Waals surface area contributed by atoms with Gasteiger partial charge in [0.2, 0.25) is 0 Å². The zero-order valence-electron chi connectivity index (χ0n) is 7.61. The van der Waals surface area contributed by atoms with Gasteiger partial charge in [-0.05, 0) is 24.7 Å². The molecule has 2 aliphatic rings. The van der Waals surface area contributed by atoms with E-state index in [2.05, 4.69) is 20.8 Å². The molecule has 62 valence electrons. The van der Waals surface area contributed by atoms with Crippen LogP contribution >= 0.6 is 0 Å². The van der Waals surface area contributed by atoms with Gasteiger partial charge in [0.1, 0.15) is 5.78 Å². The third-order valence-corrected chi connectivity index (χ3v) is 4.24. The second-order valence-electron chi connectivity index (χ2n) is 4.99. The summed E-state index contributed by atoms with van der Waals surface area (Å²) in [6, 6.07) is 0. The smallest absolute Gasteiger partial charge is 0.142 e. The van der Waals surface area contributed by atoms with Crippen LogP contribution in [0.5, 0.6) is 0 Å². The molecule has 2 atom stereocenters. The quantitative estimate of drug-likeness (QED) is 0.521. The van der Waals surface area contributed by atoms with Crippen LogP contribution in [0.1, 0.15) is 40.0 Å². The largest absolute Gasteiger partial charge is 0.299 e. The highest BCUT2D eigenvalue weighted by atomic mass is 16.1. The molecule has 2 bridgehead atoms. The van der Waals surface area contributed by atoms with Crippen LogP contribution in [0.2, 0.25) is 0 Å². The SMILES string of the molecule is CC1(C)C(=O)[C@H]2CC[C@]1(C)C2. The van der Waals surface area contributed by atoms with Crippen LogP contribution < -0.4 is 0 Å². The van der Waals surface area contributed by atoms with Crippen molar-refractivity contribution in [3.8, 4) is 0 Å². The summed E-state index contributed by atoms with van der Waals surface area (Å²) in [6.45, 7) is 6.51. The molecule has 1 heteroatoms. The molecule has 0 aromatic rings. The molecule has 0 radical (unpaired) electrons. The summed E-state index contributed by atoms with van der Waals surface area (Å²) in [6.07, 6.45) is 3.56. The van der Waals surface area contributed by atoms with Gasteiger partial charge < -0.3 is 0 Å². The Kier molecular flexibility index (Phi) is 1.13. The number of Topliss-reactive ketones (excluding diaryl/α,β-unsaturated/α-hetero) is 1. The monoisotopic (exact) mass is 152 g/mol. The molecule has 0 saturated heterocycles. The number of rotatable bonds is 0. The summed E-state index contributed by atoms with van der Waals surface area (Å²) >= 11 is 0. The van der Waals surface area contributed by atoms with E-state index < -0.39 is 0 Å². The van der Waals surface area contributed by atoms with Crippen LogP contribution in [-0.4, -0.2) is 5.78 Å². The molecule has 2 saturated carbocycles. The molecule has 2 fully saturated rings. The lowest BCUT2D eigenvalue weighted by Gasteiger charge is -2.37. The summed E-state index contributed by atoms with van der Waals surface area (Å²) < 4.78 is 0. The second-order valence-corrected chi connectivity index (χ2v) is 4.99. The molecule has 1 nitrogen and oxygen atoms in total. The van der Waals surface area contributed by atoms with Gasteiger partial charge in [-0.1, -0.05) is 20.8 Å². The minimum atomic E-state index is -0.0318. The third-order valence-electron chi connectivity index (χ3n) is 4.24. The van der Waals surface area contributed by atoms with Gasteiger partial charge in [-0.25, -0.2) is 0 Å². The van der Waals surface area contributed by atoms with Crippen LogP contribution in [0.3, 0.4) is 0 Å². The average molecular weight is 152 g/mol. The van der Waals surface area contributed by atoms with E-state index in [4.69, 9.17) is 0 Å². The van der Waals surface area contributed by atoms with Crippen LogP contribution in [0.25, 0.3) is 0 Å². The van der Waals surface area contributed by atoms with Crippen LogP contribution in [0, 0.1) is 16.7 Å². The molecule has 0 aromatic carbocycles. The van der Waals surface area contributed by atoms with Crippen molar-refractivity contribution in [3.63, 3.8) is 0 Å². The molecular weight excluding hydrogens is 136 g/mol. The third kappa shape index (κ3) is 0.646. The fraction of sp³-hybridized carbons (Fsp3) is 0.900. The predicted octanol–water partition coefficient (Wildman–Crippen LogP) is 2.40. The van der Waals surface area contributed by atoms with Gasteiger partial charge in [-0.15, -0.1) is 0 Å². The van der Waals surface area contributed by atoms with Crippen molar-refractivity contribution < 1.29 is 4.79 Å². The van der Waals surface area contributed by atoms with Gasteiger partial charge in [0.05, 0.1) is 0 Å². The van der Waals surface area contributed by atoms with Gasteiger partial charge in [-0.3, -0.25) is 4.79 Å². The first kappa shape index (κ1) is 7.33. The molecule has 2 rings (SSSR count). The van der Waals surface area contributed by atoms with Crippen molar-refractivity contribution >= 4 is 5.78 Å². The zero-order valence-corrected chi connectivity index (χ0v) is 7.61. The topological polar surface area (TPSA) is 17.1 Å². The number of hydrogen-bond donors (Lipinski definition) is 0. The standard InChI is InChI=1S/C10H16O/c1-9(2)8(11)7-4-5-10(9,3)6-7/h7H,4-6H2,1-3H3/t7-,10+/m0/s1. The molecular formula is C10H16O. The van der Waals surface area contributed by atoms with Crippen molar-refractivity contribution in [3.05, 3.63) is 0 Å². The fourth-order valence-electron chi connectivity index (χ4n) is 2.84. The zero-order chi connectivity index (χ0) is 8.28. The Labute approximate surface area is 68.2 Å². The van der Waals surface area contributed by atoms with Crippen molar-refractivity contribution in [1.29, 1.82) is 0 Å². The van der Waals surface area contributed by atoms with E-state index in [1.807, 2.05) is 0 Å². The van der Waals surface area contributed by atoms with E-state index in [9.17, 15) is 4.79 Å². The summed E-state index contributed by atoms with van der Waals surface area (Å²) in [5.41, 5.74) is 0.296. The lowest BCUT2D eigenvalue weighted by Crippen LogP contribution is -2.37. The molecule has 0 aliphatic heterocycles. The second kappa shape index (κ2) is 1.70. The van der Waals surface area contributed by atoms with Gasteiger partial charge in [0, 0.05) is 11.3 Å². The van der Waals surface area contributed by atoms with Gasteiger partial charge >= 0.3 is 0 Å². The number of carbonyl (C=O) groups excluding carboxylic acids is 1. The molecule has 11 heavy (non-hydrogen) atoms. The lowest BCUT2D eigenvalue weighted by atomic mass is 9.66. The van der Waals surface area contributed by atoms with Crippen molar-refractivity contribution in [2.45, 2.75) is 40.0 Å². The molecule has 0 aromatic heterocycles. The number of hydrogen-bond acceptors (Lipinski definition) is 1. The van der Waals surface area contributed by atoms with Gasteiger partial charge in [0.15, 0.2) is 0 Å². The summed E-state index contributed by atoms with van der Waals surface area (Å²) in [5.74, 6) is 0.932. The first-order valence-electron chi connectivity index (χ1n) is 4.52. The first-order chi connectivity index (χ1) is 4.97. The van der Waals surface area contributed by atoms with E-state index in [1.165, 1.54) is 6.42 Å². The highest BCUT2D eigenvalue weighted by Gasteiger charge is 2.59. The normalized spacial score (nSPS) is 46.8. The lowest BCUT2D eigenvalue weighted by molar-refractivity contribution is -0.132. The Bertz CT molecular complexity index is 217. The maximum Gasteiger partial charge on any atom is 0.142 e. The number of ketones is 1. The maximum atomic E-state index is 11.7. The number of carbonyl (C=O) groups is 1. The van der Waals surface area contributed by atoms with E-state index in [0.717, 1.165) is 12.8 Å². The number of fused-ring (bicyclic) bond motifs is 2. The highest BCUT2D eigenvalue weighted by Crippen LogP contribution is 2.61. The van der Waals surface area contributed by atoms with Crippen LogP contribution in [0.15, 0.2) is 0 Å². The van der Waals surface area contributed by atoms with E-state index in [1.54, 1.807) is 0 Å². The minimum absolute atomic E-state index is 0.0318. The molecule has 0 amide bonds. The average Bonchev–Trinajstić information content (AvgIpc) is 2.36. The van der Waals surface area contributed by atoms with Gasteiger partial charge in [-0.2, -0.15) is 0 Å². The summed E-state index contributed by atoms with van der Waals surface area (Å²) in [7, 11) is 0. The molecule has 0 spiro atoms. The molecule has 2 aliphatic carbocycles. The van der Waals surface area contributed by atoms with E-state index in [-0.39, 0.29) is 5.41 Å². The molecule has 0 N–H and O–H groups in total. The first-order valence-corrected chi connectivity index (χ1v) is 4.52. The van der Waals surface area contributed by atoms with Crippen molar-refractivity contribution in [2.24, 2.45) is 16.7 Å². The summed E-state index contributed by atoms with van der Waals surface area (Å²) in [5, 5.41) is 0. The van der Waals surface area contributed by atoms with Crippen molar-refractivity contribution in [1.82, 2.24) is 0 Å². The Balaban J connectivity index is 2.44. The van der Waals surface area contributed by atoms with Crippen LogP contribution in [-0.2, 0) is 4.79 Å². The summed E-state index contributed by atoms with van der Waals surface area (Å²) in [4.78, 5) is 11.7. The minimum Gasteiger partial charge on any atom is -0.299 e. The maximum absolute atomic E-state index is 11.7. The van der Waals surface area contributed by atoms with Crippen LogP contribution in [0.4, 0.5) is 0 Å². The predicted molar refractivity (Wildman–Crippen MR) is 44.2 cm³/mol. The Hall–Kier alpha value is -0.330. The van der Waals surface area contributed by atoms with Gasteiger partial charge in [0.25, 0.3) is 0 Å². The Morgan fingerprint density at radius 2 is 2.00 bits per heavy atom. The Morgan fingerprint density at radius 1 is 1.36 bits per heavy atom. The Morgan fingerprint density at radius 3 is 2.27 bits per heavy atom. The fourth-order valence-corrected chi connectivity index (χ4v) is 2.84.